The van der Waals surface area contributed by atoms with Gasteiger partial charge in [0.25, 0.3) is 15.9 Å². The van der Waals surface area contributed by atoms with E-state index >= 15 is 0 Å². The minimum Gasteiger partial charge on any atom is -0.495 e. The average Bonchev–Trinajstić information content (AvgIpc) is 2.75. The zero-order valence-corrected chi connectivity index (χ0v) is 18.8. The van der Waals surface area contributed by atoms with Gasteiger partial charge in [0.1, 0.15) is 5.75 Å². The molecule has 0 aliphatic carbocycles. The molecule has 30 heavy (non-hydrogen) atoms. The highest BCUT2D eigenvalue weighted by molar-refractivity contribution is 7.92. The van der Waals surface area contributed by atoms with Crippen LogP contribution >= 0.6 is 11.6 Å². The molecule has 2 aromatic rings. The minimum atomic E-state index is -4.01. The number of para-hydroxylation sites is 2. The van der Waals surface area contributed by atoms with Crippen LogP contribution in [-0.4, -0.2) is 34.5 Å². The van der Waals surface area contributed by atoms with Gasteiger partial charge in [-0.15, -0.1) is 6.58 Å². The summed E-state index contributed by atoms with van der Waals surface area (Å²) in [6.45, 7) is 6.27. The number of halogens is 1. The highest BCUT2D eigenvalue weighted by Gasteiger charge is 2.27. The first kappa shape index (κ1) is 23.8. The van der Waals surface area contributed by atoms with Crippen LogP contribution in [0.2, 0.25) is 5.02 Å². The number of nitrogens with one attached hydrogen (secondary N) is 1. The topological polar surface area (TPSA) is 75.7 Å². The Morgan fingerprint density at radius 2 is 1.97 bits per heavy atom. The molecule has 6 nitrogen and oxygen atoms in total. The summed E-state index contributed by atoms with van der Waals surface area (Å²) >= 11 is 6.18. The Kier molecular flexibility index (Phi) is 8.74. The number of benzene rings is 2. The van der Waals surface area contributed by atoms with Crippen LogP contribution in [0.25, 0.3) is 0 Å². The van der Waals surface area contributed by atoms with Crippen molar-refractivity contribution >= 4 is 33.2 Å². The molecule has 0 saturated heterocycles. The number of hydrogen-bond donors (Lipinski definition) is 1. The molecule has 0 atom stereocenters. The summed E-state index contributed by atoms with van der Waals surface area (Å²) in [4.78, 5) is 12.5. The lowest BCUT2D eigenvalue weighted by molar-refractivity contribution is 0.0953. The largest absolute Gasteiger partial charge is 0.495 e. The van der Waals surface area contributed by atoms with Gasteiger partial charge in [0.2, 0.25) is 0 Å². The summed E-state index contributed by atoms with van der Waals surface area (Å²) in [5, 5.41) is 2.98. The molecule has 2 aromatic carbocycles. The highest BCUT2D eigenvalue weighted by atomic mass is 35.5. The van der Waals surface area contributed by atoms with E-state index in [0.29, 0.717) is 18.0 Å². The maximum absolute atomic E-state index is 13.4. The Morgan fingerprint density at radius 3 is 2.63 bits per heavy atom. The summed E-state index contributed by atoms with van der Waals surface area (Å²) in [7, 11) is -2.53. The normalized spacial score (nSPS) is 11.0. The van der Waals surface area contributed by atoms with E-state index in [4.69, 9.17) is 16.3 Å². The van der Waals surface area contributed by atoms with Crippen molar-refractivity contribution in [2.75, 3.05) is 24.5 Å². The quantitative estimate of drug-likeness (QED) is 0.399. The maximum atomic E-state index is 13.4. The van der Waals surface area contributed by atoms with E-state index in [-0.39, 0.29) is 22.0 Å². The molecule has 0 fully saturated rings. The van der Waals surface area contributed by atoms with E-state index in [0.717, 1.165) is 19.3 Å². The van der Waals surface area contributed by atoms with Crippen molar-refractivity contribution in [2.24, 2.45) is 0 Å². The Bertz CT molecular complexity index is 992. The zero-order valence-electron chi connectivity index (χ0n) is 17.2. The third-order valence-electron chi connectivity index (χ3n) is 4.49. The number of nitrogens with zero attached hydrogens (tertiary/aromatic N) is 1. The number of anilines is 1. The van der Waals surface area contributed by atoms with E-state index in [9.17, 15) is 13.2 Å². The molecule has 0 heterocycles. The van der Waals surface area contributed by atoms with E-state index in [2.05, 4.69) is 18.8 Å². The predicted octanol–water partition coefficient (Wildman–Crippen LogP) is 4.65. The number of hydrogen-bond acceptors (Lipinski definition) is 4. The van der Waals surface area contributed by atoms with Crippen LogP contribution in [0.1, 0.15) is 36.5 Å². The average molecular weight is 451 g/mol. The predicted molar refractivity (Wildman–Crippen MR) is 121 cm³/mol. The second-order valence-electron chi connectivity index (χ2n) is 6.60. The van der Waals surface area contributed by atoms with Crippen molar-refractivity contribution in [1.82, 2.24) is 5.32 Å². The van der Waals surface area contributed by atoms with Crippen molar-refractivity contribution < 1.29 is 17.9 Å². The van der Waals surface area contributed by atoms with Crippen LogP contribution in [0.3, 0.4) is 0 Å². The lowest BCUT2D eigenvalue weighted by Crippen LogP contribution is -2.32. The first-order chi connectivity index (χ1) is 14.4. The lowest BCUT2D eigenvalue weighted by Gasteiger charge is -2.25. The molecule has 0 unspecified atom stereocenters. The second kappa shape index (κ2) is 11.0. The molecule has 8 heteroatoms. The fraction of sp³-hybridized carbons (Fsp3) is 0.318. The number of ether oxygens (including phenoxy) is 1. The van der Waals surface area contributed by atoms with Crippen molar-refractivity contribution in [3.63, 3.8) is 0 Å². The van der Waals surface area contributed by atoms with Crippen LogP contribution in [-0.2, 0) is 10.0 Å². The number of sulfonamides is 1. The Labute approximate surface area is 183 Å². The van der Waals surface area contributed by atoms with Crippen LogP contribution in [0.4, 0.5) is 5.69 Å². The van der Waals surface area contributed by atoms with Gasteiger partial charge in [-0.3, -0.25) is 9.10 Å². The Morgan fingerprint density at radius 1 is 1.23 bits per heavy atom. The van der Waals surface area contributed by atoms with Crippen LogP contribution in [0.15, 0.2) is 60.0 Å². The van der Waals surface area contributed by atoms with Crippen molar-refractivity contribution in [1.29, 1.82) is 0 Å². The number of rotatable bonds is 11. The van der Waals surface area contributed by atoms with Crippen molar-refractivity contribution in [3.05, 3.63) is 65.7 Å². The van der Waals surface area contributed by atoms with Crippen LogP contribution < -0.4 is 14.4 Å². The Balaban J connectivity index is 2.42. The molecule has 0 spiro atoms. The monoisotopic (exact) mass is 450 g/mol. The second-order valence-corrected chi connectivity index (χ2v) is 8.87. The van der Waals surface area contributed by atoms with E-state index in [1.165, 1.54) is 35.7 Å². The number of carbonyl (C=O) groups is 1. The molecule has 0 aliphatic heterocycles. The maximum Gasteiger partial charge on any atom is 0.264 e. The number of unbranched alkanes of at least 4 members (excludes halogenated alkanes) is 2. The van der Waals surface area contributed by atoms with E-state index < -0.39 is 15.9 Å². The summed E-state index contributed by atoms with van der Waals surface area (Å²) in [5.41, 5.74) is 0.494. The highest BCUT2D eigenvalue weighted by Crippen LogP contribution is 2.33. The van der Waals surface area contributed by atoms with Gasteiger partial charge < -0.3 is 10.1 Å². The molecule has 0 bridgehead atoms. The van der Waals surface area contributed by atoms with Crippen molar-refractivity contribution in [2.45, 2.75) is 31.1 Å². The van der Waals surface area contributed by atoms with E-state index in [1.807, 2.05) is 0 Å². The molecule has 0 aliphatic rings. The SMILES string of the molecule is C=CCN(c1ccccc1OC)S(=O)(=O)c1ccc(Cl)c(C(=O)NCCCCC)c1. The molecule has 2 rings (SSSR count). The summed E-state index contributed by atoms with van der Waals surface area (Å²) < 4.78 is 33.4. The molecule has 0 saturated carbocycles. The molecular weight excluding hydrogens is 424 g/mol. The smallest absolute Gasteiger partial charge is 0.264 e. The molecular formula is C22H27ClN2O4S. The van der Waals surface area contributed by atoms with Gasteiger partial charge in [-0.1, -0.05) is 49.6 Å². The number of amides is 1. The van der Waals surface area contributed by atoms with Crippen LogP contribution in [0, 0.1) is 0 Å². The van der Waals surface area contributed by atoms with Gasteiger partial charge in [0, 0.05) is 6.54 Å². The lowest BCUT2D eigenvalue weighted by atomic mass is 10.2. The fourth-order valence-corrected chi connectivity index (χ4v) is 4.59. The molecule has 162 valence electrons. The van der Waals surface area contributed by atoms with Gasteiger partial charge in [-0.2, -0.15) is 0 Å². The first-order valence-corrected chi connectivity index (χ1v) is 11.5. The third-order valence-corrected chi connectivity index (χ3v) is 6.59. The minimum absolute atomic E-state index is 0.0316. The molecule has 1 amide bonds. The third kappa shape index (κ3) is 5.55. The summed E-state index contributed by atoms with van der Waals surface area (Å²) in [6, 6.07) is 10.9. The van der Waals surface area contributed by atoms with E-state index in [1.54, 1.807) is 24.3 Å². The standard InChI is InChI=1S/C22H27ClN2O4S/c1-4-6-9-14-24-22(26)18-16-17(12-13-19(18)23)30(27,28)25(15-5-2)20-10-7-8-11-21(20)29-3/h5,7-8,10-13,16H,2,4,6,9,14-15H2,1,3H3,(H,24,26). The van der Waals surface area contributed by atoms with Gasteiger partial charge in [0.15, 0.2) is 0 Å². The molecule has 1 N–H and O–H groups in total. The van der Waals surface area contributed by atoms with Crippen LogP contribution in [0.5, 0.6) is 5.75 Å². The van der Waals surface area contributed by atoms with Gasteiger partial charge in [0.05, 0.1) is 34.8 Å². The first-order valence-electron chi connectivity index (χ1n) is 9.71. The number of carbonyl (C=O) groups excluding carboxylic acids is 1. The Hall–Kier alpha value is -2.51. The molecule has 0 aromatic heterocycles. The fourth-order valence-electron chi connectivity index (χ4n) is 2.92. The summed E-state index contributed by atoms with van der Waals surface area (Å²) in [6.07, 6.45) is 4.37. The number of methoxy groups -OCH3 is 1. The van der Waals surface area contributed by atoms with Gasteiger partial charge in [-0.05, 0) is 36.8 Å². The van der Waals surface area contributed by atoms with Gasteiger partial charge >= 0.3 is 0 Å². The van der Waals surface area contributed by atoms with Crippen molar-refractivity contribution in [3.8, 4) is 5.75 Å². The van der Waals surface area contributed by atoms with Gasteiger partial charge in [-0.25, -0.2) is 8.42 Å². The summed E-state index contributed by atoms with van der Waals surface area (Å²) in [5.74, 6) is 0.00601. The molecule has 0 radical (unpaired) electrons. The zero-order chi connectivity index (χ0) is 22.1.